The van der Waals surface area contributed by atoms with Crippen LogP contribution in [0.2, 0.25) is 0 Å². The SMILES string of the molecule is CCOC(=O)C1(NC2CC2)CCC(C)C1. The van der Waals surface area contributed by atoms with Crippen LogP contribution in [0, 0.1) is 5.92 Å². The van der Waals surface area contributed by atoms with Crippen molar-refractivity contribution in [1.29, 1.82) is 0 Å². The second-order valence-electron chi connectivity index (χ2n) is 5.07. The van der Waals surface area contributed by atoms with E-state index in [0.29, 0.717) is 18.6 Å². The summed E-state index contributed by atoms with van der Waals surface area (Å²) in [4.78, 5) is 12.0. The molecule has 0 amide bonds. The van der Waals surface area contributed by atoms with Gasteiger partial charge in [-0.3, -0.25) is 10.1 Å². The van der Waals surface area contributed by atoms with Gasteiger partial charge in [-0.1, -0.05) is 6.92 Å². The zero-order chi connectivity index (χ0) is 10.9. The molecule has 2 saturated carbocycles. The molecule has 2 unspecified atom stereocenters. The van der Waals surface area contributed by atoms with Gasteiger partial charge >= 0.3 is 5.97 Å². The van der Waals surface area contributed by atoms with Crippen molar-refractivity contribution in [1.82, 2.24) is 5.32 Å². The van der Waals surface area contributed by atoms with Crippen molar-refractivity contribution in [3.05, 3.63) is 0 Å². The predicted molar refractivity (Wildman–Crippen MR) is 58.5 cm³/mol. The highest BCUT2D eigenvalue weighted by atomic mass is 16.5. The average Bonchev–Trinajstić information content (AvgIpc) is 2.91. The van der Waals surface area contributed by atoms with Gasteiger partial charge in [-0.05, 0) is 44.9 Å². The van der Waals surface area contributed by atoms with Gasteiger partial charge in [0.1, 0.15) is 5.54 Å². The van der Waals surface area contributed by atoms with Gasteiger partial charge in [0, 0.05) is 6.04 Å². The number of ether oxygens (including phenoxy) is 1. The Balaban J connectivity index is 2.03. The Morgan fingerprint density at radius 3 is 2.67 bits per heavy atom. The van der Waals surface area contributed by atoms with Gasteiger partial charge in [-0.25, -0.2) is 0 Å². The van der Waals surface area contributed by atoms with Crippen LogP contribution >= 0.6 is 0 Å². The van der Waals surface area contributed by atoms with Gasteiger partial charge in [-0.15, -0.1) is 0 Å². The molecule has 2 rings (SSSR count). The summed E-state index contributed by atoms with van der Waals surface area (Å²) >= 11 is 0. The molecule has 86 valence electrons. The van der Waals surface area contributed by atoms with Crippen molar-refractivity contribution >= 4 is 5.97 Å². The largest absolute Gasteiger partial charge is 0.465 e. The summed E-state index contributed by atoms with van der Waals surface area (Å²) in [5.74, 6) is 0.613. The molecule has 0 aromatic carbocycles. The second kappa shape index (κ2) is 4.12. The average molecular weight is 211 g/mol. The predicted octanol–water partition coefficient (Wildman–Crippen LogP) is 1.86. The van der Waals surface area contributed by atoms with Crippen LogP contribution in [0.15, 0.2) is 0 Å². The van der Waals surface area contributed by atoms with Gasteiger partial charge in [0.25, 0.3) is 0 Å². The van der Waals surface area contributed by atoms with Crippen molar-refractivity contribution in [2.75, 3.05) is 6.61 Å². The smallest absolute Gasteiger partial charge is 0.326 e. The van der Waals surface area contributed by atoms with Gasteiger partial charge in [0.2, 0.25) is 0 Å². The lowest BCUT2D eigenvalue weighted by Gasteiger charge is -2.28. The minimum Gasteiger partial charge on any atom is -0.465 e. The van der Waals surface area contributed by atoms with Crippen LogP contribution in [-0.2, 0) is 9.53 Å². The first-order valence-corrected chi connectivity index (χ1v) is 6.11. The fourth-order valence-electron chi connectivity index (χ4n) is 2.55. The fourth-order valence-corrected chi connectivity index (χ4v) is 2.55. The molecular weight excluding hydrogens is 190 g/mol. The van der Waals surface area contributed by atoms with E-state index in [9.17, 15) is 4.79 Å². The number of hydrogen-bond donors (Lipinski definition) is 1. The number of rotatable bonds is 4. The van der Waals surface area contributed by atoms with Gasteiger partial charge < -0.3 is 4.74 Å². The molecule has 0 heterocycles. The quantitative estimate of drug-likeness (QED) is 0.721. The summed E-state index contributed by atoms with van der Waals surface area (Å²) in [6.45, 7) is 4.58. The highest BCUT2D eigenvalue weighted by molar-refractivity contribution is 5.81. The Labute approximate surface area is 91.6 Å². The molecule has 0 radical (unpaired) electrons. The molecule has 0 aromatic heterocycles. The summed E-state index contributed by atoms with van der Waals surface area (Å²) in [7, 11) is 0. The van der Waals surface area contributed by atoms with Crippen LogP contribution in [-0.4, -0.2) is 24.2 Å². The number of hydrogen-bond acceptors (Lipinski definition) is 3. The van der Waals surface area contributed by atoms with Crippen LogP contribution in [0.1, 0.15) is 46.0 Å². The van der Waals surface area contributed by atoms with Crippen molar-refractivity contribution < 1.29 is 9.53 Å². The molecule has 2 aliphatic rings. The second-order valence-corrected chi connectivity index (χ2v) is 5.07. The first kappa shape index (κ1) is 10.9. The third-order valence-corrected chi connectivity index (χ3v) is 3.48. The summed E-state index contributed by atoms with van der Waals surface area (Å²) in [5.41, 5.74) is -0.351. The normalized spacial score (nSPS) is 35.5. The van der Waals surface area contributed by atoms with E-state index >= 15 is 0 Å². The van der Waals surface area contributed by atoms with Crippen molar-refractivity contribution in [3.8, 4) is 0 Å². The third-order valence-electron chi connectivity index (χ3n) is 3.48. The minimum absolute atomic E-state index is 0.0266. The van der Waals surface area contributed by atoms with E-state index in [-0.39, 0.29) is 11.5 Å². The molecule has 0 aromatic rings. The Morgan fingerprint density at radius 2 is 2.20 bits per heavy atom. The van der Waals surface area contributed by atoms with Crippen LogP contribution in [0.4, 0.5) is 0 Å². The van der Waals surface area contributed by atoms with E-state index in [0.717, 1.165) is 19.3 Å². The zero-order valence-electron chi connectivity index (χ0n) is 9.71. The molecule has 0 saturated heterocycles. The number of esters is 1. The highest BCUT2D eigenvalue weighted by Gasteiger charge is 2.47. The summed E-state index contributed by atoms with van der Waals surface area (Å²) < 4.78 is 5.20. The highest BCUT2D eigenvalue weighted by Crippen LogP contribution is 2.38. The lowest BCUT2D eigenvalue weighted by atomic mass is 9.96. The van der Waals surface area contributed by atoms with Crippen LogP contribution in [0.5, 0.6) is 0 Å². The molecule has 2 aliphatic carbocycles. The van der Waals surface area contributed by atoms with Crippen LogP contribution in [0.25, 0.3) is 0 Å². The molecule has 3 heteroatoms. The summed E-state index contributed by atoms with van der Waals surface area (Å²) in [6, 6.07) is 0.569. The Kier molecular flexibility index (Phi) is 3.01. The maximum Gasteiger partial charge on any atom is 0.326 e. The molecule has 0 spiro atoms. The van der Waals surface area contributed by atoms with E-state index < -0.39 is 0 Å². The molecule has 2 fully saturated rings. The van der Waals surface area contributed by atoms with E-state index in [1.807, 2.05) is 6.92 Å². The van der Waals surface area contributed by atoms with Crippen LogP contribution in [0.3, 0.4) is 0 Å². The van der Waals surface area contributed by atoms with Crippen molar-refractivity contribution in [3.63, 3.8) is 0 Å². The lowest BCUT2D eigenvalue weighted by Crippen LogP contribution is -2.52. The van der Waals surface area contributed by atoms with Gasteiger partial charge in [0.15, 0.2) is 0 Å². The number of carbonyl (C=O) groups is 1. The lowest BCUT2D eigenvalue weighted by molar-refractivity contribution is -0.151. The van der Waals surface area contributed by atoms with E-state index in [1.165, 1.54) is 12.8 Å². The van der Waals surface area contributed by atoms with E-state index in [4.69, 9.17) is 4.74 Å². The third kappa shape index (κ3) is 2.33. The maximum atomic E-state index is 12.0. The maximum absolute atomic E-state index is 12.0. The standard InChI is InChI=1S/C12H21NO2/c1-3-15-11(14)12(13-10-4-5-10)7-6-9(2)8-12/h9-10,13H,3-8H2,1-2H3. The first-order chi connectivity index (χ1) is 7.16. The van der Waals surface area contributed by atoms with E-state index in [2.05, 4.69) is 12.2 Å². The van der Waals surface area contributed by atoms with Gasteiger partial charge in [-0.2, -0.15) is 0 Å². The molecule has 2 atom stereocenters. The summed E-state index contributed by atoms with van der Waals surface area (Å²) in [5, 5.41) is 3.51. The van der Waals surface area contributed by atoms with Crippen molar-refractivity contribution in [2.45, 2.75) is 57.5 Å². The Bertz CT molecular complexity index is 250. The number of carbonyl (C=O) groups excluding carboxylic acids is 1. The summed E-state index contributed by atoms with van der Waals surface area (Å²) in [6.07, 6.45) is 5.47. The molecule has 3 nitrogen and oxygen atoms in total. The molecular formula is C12H21NO2. The molecule has 0 bridgehead atoms. The van der Waals surface area contributed by atoms with Crippen LogP contribution < -0.4 is 5.32 Å². The van der Waals surface area contributed by atoms with Gasteiger partial charge in [0.05, 0.1) is 6.61 Å². The Hall–Kier alpha value is -0.570. The molecule has 15 heavy (non-hydrogen) atoms. The van der Waals surface area contributed by atoms with Crippen molar-refractivity contribution in [2.24, 2.45) is 5.92 Å². The Morgan fingerprint density at radius 1 is 1.47 bits per heavy atom. The topological polar surface area (TPSA) is 38.3 Å². The number of nitrogens with one attached hydrogen (secondary N) is 1. The first-order valence-electron chi connectivity index (χ1n) is 6.11. The minimum atomic E-state index is -0.351. The fraction of sp³-hybridized carbons (Fsp3) is 0.917. The zero-order valence-corrected chi connectivity index (χ0v) is 9.71. The molecule has 0 aliphatic heterocycles. The van der Waals surface area contributed by atoms with E-state index in [1.54, 1.807) is 0 Å². The molecule has 1 N–H and O–H groups in total. The monoisotopic (exact) mass is 211 g/mol.